The minimum Gasteiger partial charge on any atom is -0.329 e. The SMILES string of the molecule is CCC1CCCC(S(=O)(=O)C(C)CN)C1. The minimum absolute atomic E-state index is 0.130. The lowest BCUT2D eigenvalue weighted by Gasteiger charge is -2.29. The predicted octanol–water partition coefficient (Wildman–Crippen LogP) is 1.72. The maximum atomic E-state index is 12.1. The fourth-order valence-corrected chi connectivity index (χ4v) is 4.33. The van der Waals surface area contributed by atoms with Crippen molar-refractivity contribution in [3.8, 4) is 0 Å². The van der Waals surface area contributed by atoms with Gasteiger partial charge in [0.05, 0.1) is 10.5 Å². The van der Waals surface area contributed by atoms with E-state index >= 15 is 0 Å². The van der Waals surface area contributed by atoms with Crippen molar-refractivity contribution in [2.75, 3.05) is 6.54 Å². The summed E-state index contributed by atoms with van der Waals surface area (Å²) in [5.41, 5.74) is 5.45. The van der Waals surface area contributed by atoms with Crippen molar-refractivity contribution in [2.45, 2.75) is 56.5 Å². The van der Waals surface area contributed by atoms with Gasteiger partial charge in [0.25, 0.3) is 0 Å². The van der Waals surface area contributed by atoms with Crippen LogP contribution in [0.25, 0.3) is 0 Å². The van der Waals surface area contributed by atoms with E-state index in [-0.39, 0.29) is 17.0 Å². The Labute approximate surface area is 93.3 Å². The van der Waals surface area contributed by atoms with Gasteiger partial charge in [0, 0.05) is 6.54 Å². The minimum atomic E-state index is -2.98. The molecule has 4 heteroatoms. The fraction of sp³-hybridized carbons (Fsp3) is 1.00. The molecule has 2 N–H and O–H groups in total. The van der Waals surface area contributed by atoms with Gasteiger partial charge in [0.1, 0.15) is 0 Å². The smallest absolute Gasteiger partial charge is 0.156 e. The summed E-state index contributed by atoms with van der Waals surface area (Å²) in [4.78, 5) is 0. The molecule has 3 unspecified atom stereocenters. The molecule has 1 saturated carbocycles. The zero-order valence-electron chi connectivity index (χ0n) is 9.78. The Bertz CT molecular complexity index is 287. The van der Waals surface area contributed by atoms with Crippen LogP contribution in [-0.4, -0.2) is 25.5 Å². The van der Waals surface area contributed by atoms with Crippen molar-refractivity contribution in [3.05, 3.63) is 0 Å². The molecule has 1 rings (SSSR count). The summed E-state index contributed by atoms with van der Waals surface area (Å²) in [6.07, 6.45) is 5.04. The third-order valence-corrected chi connectivity index (χ3v) is 6.34. The molecule has 3 nitrogen and oxygen atoms in total. The summed E-state index contributed by atoms with van der Waals surface area (Å²) in [6, 6.07) is 0. The Morgan fingerprint density at radius 2 is 2.07 bits per heavy atom. The summed E-state index contributed by atoms with van der Waals surface area (Å²) in [7, 11) is -2.98. The molecule has 1 aliphatic carbocycles. The van der Waals surface area contributed by atoms with Crippen LogP contribution in [0, 0.1) is 5.92 Å². The van der Waals surface area contributed by atoms with Crippen LogP contribution in [0.5, 0.6) is 0 Å². The van der Waals surface area contributed by atoms with E-state index in [1.165, 1.54) is 6.42 Å². The average molecular weight is 233 g/mol. The van der Waals surface area contributed by atoms with E-state index in [0.717, 1.165) is 25.7 Å². The first-order valence-corrected chi connectivity index (χ1v) is 7.56. The molecule has 90 valence electrons. The van der Waals surface area contributed by atoms with E-state index in [1.54, 1.807) is 6.92 Å². The van der Waals surface area contributed by atoms with Crippen LogP contribution in [0.4, 0.5) is 0 Å². The molecule has 3 atom stereocenters. The van der Waals surface area contributed by atoms with Crippen LogP contribution >= 0.6 is 0 Å². The van der Waals surface area contributed by atoms with Crippen molar-refractivity contribution in [1.29, 1.82) is 0 Å². The highest BCUT2D eigenvalue weighted by molar-refractivity contribution is 7.92. The summed E-state index contributed by atoms with van der Waals surface area (Å²) in [5, 5.41) is -0.507. The molecule has 0 radical (unpaired) electrons. The summed E-state index contributed by atoms with van der Waals surface area (Å²) >= 11 is 0. The second kappa shape index (κ2) is 5.30. The van der Waals surface area contributed by atoms with Gasteiger partial charge in [0.2, 0.25) is 0 Å². The molecule has 0 bridgehead atoms. The fourth-order valence-electron chi connectivity index (χ4n) is 2.37. The van der Waals surface area contributed by atoms with Crippen LogP contribution in [0.15, 0.2) is 0 Å². The molecule has 1 aliphatic rings. The molecular formula is C11H23NO2S. The van der Waals surface area contributed by atoms with Gasteiger partial charge in [-0.1, -0.05) is 26.2 Å². The Morgan fingerprint density at radius 1 is 1.40 bits per heavy atom. The van der Waals surface area contributed by atoms with Gasteiger partial charge < -0.3 is 5.73 Å². The van der Waals surface area contributed by atoms with Crippen LogP contribution in [0.3, 0.4) is 0 Å². The van der Waals surface area contributed by atoms with Crippen molar-refractivity contribution >= 4 is 9.84 Å². The van der Waals surface area contributed by atoms with Gasteiger partial charge in [-0.05, 0) is 25.7 Å². The highest BCUT2D eigenvalue weighted by Gasteiger charge is 2.34. The number of nitrogens with two attached hydrogens (primary N) is 1. The Kier molecular flexibility index (Phi) is 4.59. The molecule has 0 saturated heterocycles. The maximum Gasteiger partial charge on any atom is 0.156 e. The van der Waals surface area contributed by atoms with Gasteiger partial charge in [-0.2, -0.15) is 0 Å². The quantitative estimate of drug-likeness (QED) is 0.804. The largest absolute Gasteiger partial charge is 0.329 e. The van der Waals surface area contributed by atoms with Crippen LogP contribution in [0.1, 0.15) is 46.0 Å². The van der Waals surface area contributed by atoms with E-state index in [9.17, 15) is 8.42 Å². The zero-order chi connectivity index (χ0) is 11.5. The molecular weight excluding hydrogens is 210 g/mol. The lowest BCUT2D eigenvalue weighted by Crippen LogP contribution is -2.37. The maximum absolute atomic E-state index is 12.1. The average Bonchev–Trinajstić information content (AvgIpc) is 2.27. The van der Waals surface area contributed by atoms with E-state index in [2.05, 4.69) is 6.92 Å². The molecule has 0 heterocycles. The Morgan fingerprint density at radius 3 is 2.60 bits per heavy atom. The van der Waals surface area contributed by atoms with Gasteiger partial charge in [-0.3, -0.25) is 0 Å². The van der Waals surface area contributed by atoms with E-state index < -0.39 is 9.84 Å². The number of hydrogen-bond donors (Lipinski definition) is 1. The lowest BCUT2D eigenvalue weighted by atomic mass is 9.87. The van der Waals surface area contributed by atoms with Crippen LogP contribution in [-0.2, 0) is 9.84 Å². The third-order valence-electron chi connectivity index (χ3n) is 3.67. The van der Waals surface area contributed by atoms with Crippen LogP contribution < -0.4 is 5.73 Å². The second-order valence-corrected chi connectivity index (χ2v) is 7.35. The molecule has 0 aliphatic heterocycles. The molecule has 1 fully saturated rings. The summed E-state index contributed by atoms with van der Waals surface area (Å²) in [5.74, 6) is 0.600. The molecule has 0 aromatic rings. The van der Waals surface area contributed by atoms with Gasteiger partial charge in [-0.15, -0.1) is 0 Å². The monoisotopic (exact) mass is 233 g/mol. The molecule has 0 aromatic heterocycles. The van der Waals surface area contributed by atoms with Crippen LogP contribution in [0.2, 0.25) is 0 Å². The Balaban J connectivity index is 2.70. The van der Waals surface area contributed by atoms with Gasteiger partial charge in [-0.25, -0.2) is 8.42 Å². The predicted molar refractivity (Wildman–Crippen MR) is 63.5 cm³/mol. The highest BCUT2D eigenvalue weighted by Crippen LogP contribution is 2.32. The molecule has 0 spiro atoms. The summed E-state index contributed by atoms with van der Waals surface area (Å²) in [6.45, 7) is 4.12. The van der Waals surface area contributed by atoms with E-state index in [1.807, 2.05) is 0 Å². The van der Waals surface area contributed by atoms with E-state index in [0.29, 0.717) is 5.92 Å². The first-order valence-electron chi connectivity index (χ1n) is 5.95. The third kappa shape index (κ3) is 2.94. The van der Waals surface area contributed by atoms with Gasteiger partial charge >= 0.3 is 0 Å². The number of hydrogen-bond acceptors (Lipinski definition) is 3. The zero-order valence-corrected chi connectivity index (χ0v) is 10.6. The standard InChI is InChI=1S/C11H23NO2S/c1-3-10-5-4-6-11(7-10)15(13,14)9(2)8-12/h9-11H,3-8,12H2,1-2H3. The van der Waals surface area contributed by atoms with Crippen molar-refractivity contribution in [1.82, 2.24) is 0 Å². The summed E-state index contributed by atoms with van der Waals surface area (Å²) < 4.78 is 24.2. The second-order valence-electron chi connectivity index (χ2n) is 4.70. The highest BCUT2D eigenvalue weighted by atomic mass is 32.2. The Hall–Kier alpha value is -0.0900. The van der Waals surface area contributed by atoms with E-state index in [4.69, 9.17) is 5.73 Å². The molecule has 0 aromatic carbocycles. The molecule has 0 amide bonds. The number of rotatable bonds is 4. The lowest BCUT2D eigenvalue weighted by molar-refractivity contribution is 0.347. The first kappa shape index (κ1) is 13.0. The molecule has 15 heavy (non-hydrogen) atoms. The van der Waals surface area contributed by atoms with Gasteiger partial charge in [0.15, 0.2) is 9.84 Å². The topological polar surface area (TPSA) is 60.2 Å². The van der Waals surface area contributed by atoms with Crippen molar-refractivity contribution in [2.24, 2.45) is 11.7 Å². The van der Waals surface area contributed by atoms with Crippen molar-refractivity contribution < 1.29 is 8.42 Å². The first-order chi connectivity index (χ1) is 7.02. The number of sulfone groups is 1. The van der Waals surface area contributed by atoms with Crippen molar-refractivity contribution in [3.63, 3.8) is 0 Å². The normalized spacial score (nSPS) is 30.1.